The normalized spacial score (nSPS) is 12.3. The molecule has 0 aliphatic carbocycles. The highest BCUT2D eigenvalue weighted by Crippen LogP contribution is 2.22. The third-order valence-corrected chi connectivity index (χ3v) is 4.20. The Kier molecular flexibility index (Phi) is 4.60. The van der Waals surface area contributed by atoms with Crippen LogP contribution in [-0.4, -0.2) is 11.9 Å². The van der Waals surface area contributed by atoms with Crippen molar-refractivity contribution >= 4 is 33.2 Å². The van der Waals surface area contributed by atoms with Crippen molar-refractivity contribution in [2.45, 2.75) is 25.8 Å². The summed E-state index contributed by atoms with van der Waals surface area (Å²) in [6, 6.07) is 7.66. The molecule has 2 aromatic rings. The van der Waals surface area contributed by atoms with Crippen molar-refractivity contribution in [2.75, 3.05) is 0 Å². The van der Waals surface area contributed by atoms with Crippen LogP contribution in [0.1, 0.15) is 28.8 Å². The fourth-order valence-corrected chi connectivity index (χ4v) is 2.91. The number of furan rings is 1. The van der Waals surface area contributed by atoms with Gasteiger partial charge in [0.05, 0.1) is 14.9 Å². The molecular formula is C13H14BrNO2S. The molecule has 0 saturated heterocycles. The quantitative estimate of drug-likeness (QED) is 0.906. The van der Waals surface area contributed by atoms with Gasteiger partial charge in [0, 0.05) is 12.5 Å². The van der Waals surface area contributed by atoms with Gasteiger partial charge in [0.15, 0.2) is 0 Å². The minimum Gasteiger partial charge on any atom is -0.469 e. The molecule has 2 aromatic heterocycles. The van der Waals surface area contributed by atoms with Crippen LogP contribution >= 0.6 is 27.3 Å². The molecule has 0 bridgehead atoms. The SMILES string of the molecule is CC(CCc1ccco1)NC(=O)c1ccc(Br)s1. The molecule has 0 fully saturated rings. The first kappa shape index (κ1) is 13.4. The van der Waals surface area contributed by atoms with E-state index in [1.54, 1.807) is 6.26 Å². The molecule has 1 atom stereocenters. The maximum absolute atomic E-state index is 11.9. The molecule has 0 aromatic carbocycles. The highest BCUT2D eigenvalue weighted by atomic mass is 79.9. The largest absolute Gasteiger partial charge is 0.469 e. The van der Waals surface area contributed by atoms with E-state index in [-0.39, 0.29) is 11.9 Å². The standard InChI is InChI=1S/C13H14BrNO2S/c1-9(4-5-10-3-2-8-17-10)15-13(16)11-6-7-12(14)18-11/h2-3,6-9H,4-5H2,1H3,(H,15,16). The van der Waals surface area contributed by atoms with Crippen molar-refractivity contribution in [1.82, 2.24) is 5.32 Å². The summed E-state index contributed by atoms with van der Waals surface area (Å²) in [7, 11) is 0. The van der Waals surface area contributed by atoms with E-state index in [2.05, 4.69) is 21.2 Å². The van der Waals surface area contributed by atoms with Crippen LogP contribution < -0.4 is 5.32 Å². The zero-order valence-corrected chi connectivity index (χ0v) is 12.4. The summed E-state index contributed by atoms with van der Waals surface area (Å²) in [6.07, 6.45) is 3.37. The minimum atomic E-state index is -0.0161. The van der Waals surface area contributed by atoms with Crippen molar-refractivity contribution in [3.05, 3.63) is 45.0 Å². The molecule has 5 heteroatoms. The zero-order valence-electron chi connectivity index (χ0n) is 9.98. The van der Waals surface area contributed by atoms with E-state index in [9.17, 15) is 4.79 Å². The molecule has 2 heterocycles. The van der Waals surface area contributed by atoms with Crippen molar-refractivity contribution in [2.24, 2.45) is 0 Å². The smallest absolute Gasteiger partial charge is 0.261 e. The average molecular weight is 328 g/mol. The lowest BCUT2D eigenvalue weighted by Gasteiger charge is -2.12. The fourth-order valence-electron chi connectivity index (χ4n) is 1.62. The van der Waals surface area contributed by atoms with Gasteiger partial charge in [-0.1, -0.05) is 0 Å². The van der Waals surface area contributed by atoms with Crippen LogP contribution in [0.3, 0.4) is 0 Å². The van der Waals surface area contributed by atoms with Crippen LogP contribution in [0, 0.1) is 0 Å². The summed E-state index contributed by atoms with van der Waals surface area (Å²) in [5.74, 6) is 0.938. The van der Waals surface area contributed by atoms with Crippen LogP contribution in [-0.2, 0) is 6.42 Å². The summed E-state index contributed by atoms with van der Waals surface area (Å²) in [5.41, 5.74) is 0. The van der Waals surface area contributed by atoms with Crippen LogP contribution in [0.2, 0.25) is 0 Å². The highest BCUT2D eigenvalue weighted by Gasteiger charge is 2.12. The van der Waals surface area contributed by atoms with Crippen LogP contribution in [0.15, 0.2) is 38.7 Å². The first-order chi connectivity index (χ1) is 8.65. The van der Waals surface area contributed by atoms with E-state index in [0.717, 1.165) is 27.3 Å². The number of amides is 1. The van der Waals surface area contributed by atoms with Crippen LogP contribution in [0.4, 0.5) is 0 Å². The van der Waals surface area contributed by atoms with E-state index in [1.807, 2.05) is 31.2 Å². The second-order valence-electron chi connectivity index (χ2n) is 4.10. The zero-order chi connectivity index (χ0) is 13.0. The number of thiophene rings is 1. The van der Waals surface area contributed by atoms with E-state index in [0.29, 0.717) is 0 Å². The third kappa shape index (κ3) is 3.71. The number of halogens is 1. The topological polar surface area (TPSA) is 42.2 Å². The summed E-state index contributed by atoms with van der Waals surface area (Å²) >= 11 is 4.79. The number of nitrogens with one attached hydrogen (secondary N) is 1. The molecule has 1 unspecified atom stereocenters. The third-order valence-electron chi connectivity index (χ3n) is 2.58. The first-order valence-corrected chi connectivity index (χ1v) is 7.34. The molecular weight excluding hydrogens is 314 g/mol. The number of aryl methyl sites for hydroxylation is 1. The molecule has 0 aliphatic rings. The van der Waals surface area contributed by atoms with Crippen molar-refractivity contribution in [3.8, 4) is 0 Å². The summed E-state index contributed by atoms with van der Waals surface area (Å²) in [6.45, 7) is 2.00. The van der Waals surface area contributed by atoms with Gasteiger partial charge in [0.1, 0.15) is 5.76 Å². The van der Waals surface area contributed by atoms with Crippen LogP contribution in [0.5, 0.6) is 0 Å². The number of rotatable bonds is 5. The molecule has 0 saturated carbocycles. The van der Waals surface area contributed by atoms with Gasteiger partial charge in [-0.3, -0.25) is 4.79 Å². The lowest BCUT2D eigenvalue weighted by atomic mass is 10.1. The van der Waals surface area contributed by atoms with Gasteiger partial charge >= 0.3 is 0 Å². The van der Waals surface area contributed by atoms with Gasteiger partial charge in [0.2, 0.25) is 0 Å². The highest BCUT2D eigenvalue weighted by molar-refractivity contribution is 9.11. The van der Waals surface area contributed by atoms with Crippen molar-refractivity contribution in [1.29, 1.82) is 0 Å². The fraction of sp³-hybridized carbons (Fsp3) is 0.308. The molecule has 0 radical (unpaired) electrons. The lowest BCUT2D eigenvalue weighted by molar-refractivity contribution is 0.0942. The molecule has 2 rings (SSSR count). The predicted octanol–water partition coefficient (Wildman–Crippen LogP) is 3.85. The number of carbonyl (C=O) groups excluding carboxylic acids is 1. The van der Waals surface area contributed by atoms with E-state index in [1.165, 1.54) is 11.3 Å². The first-order valence-electron chi connectivity index (χ1n) is 5.74. The molecule has 96 valence electrons. The molecule has 3 nitrogen and oxygen atoms in total. The van der Waals surface area contributed by atoms with Gasteiger partial charge in [-0.2, -0.15) is 0 Å². The Morgan fingerprint density at radius 1 is 1.50 bits per heavy atom. The maximum atomic E-state index is 11.9. The Morgan fingerprint density at radius 2 is 2.33 bits per heavy atom. The van der Waals surface area contributed by atoms with Gasteiger partial charge in [-0.15, -0.1) is 11.3 Å². The average Bonchev–Trinajstić information content (AvgIpc) is 2.97. The van der Waals surface area contributed by atoms with E-state index < -0.39 is 0 Å². The van der Waals surface area contributed by atoms with Crippen molar-refractivity contribution < 1.29 is 9.21 Å². The van der Waals surface area contributed by atoms with Gasteiger partial charge < -0.3 is 9.73 Å². The Balaban J connectivity index is 1.80. The molecule has 0 spiro atoms. The van der Waals surface area contributed by atoms with E-state index >= 15 is 0 Å². The van der Waals surface area contributed by atoms with Crippen LogP contribution in [0.25, 0.3) is 0 Å². The number of hydrogen-bond donors (Lipinski definition) is 1. The summed E-state index contributed by atoms with van der Waals surface area (Å²) in [5, 5.41) is 2.98. The van der Waals surface area contributed by atoms with Gasteiger partial charge in [0.25, 0.3) is 5.91 Å². The van der Waals surface area contributed by atoms with Gasteiger partial charge in [-0.25, -0.2) is 0 Å². The molecule has 18 heavy (non-hydrogen) atoms. The van der Waals surface area contributed by atoms with Gasteiger partial charge in [-0.05, 0) is 53.5 Å². The lowest BCUT2D eigenvalue weighted by Crippen LogP contribution is -2.32. The second kappa shape index (κ2) is 6.20. The Morgan fingerprint density at radius 3 is 2.94 bits per heavy atom. The van der Waals surface area contributed by atoms with E-state index in [4.69, 9.17) is 4.42 Å². The minimum absolute atomic E-state index is 0.0161. The predicted molar refractivity (Wildman–Crippen MR) is 76.0 cm³/mol. The molecule has 1 amide bonds. The van der Waals surface area contributed by atoms with Crippen molar-refractivity contribution in [3.63, 3.8) is 0 Å². The molecule has 1 N–H and O–H groups in total. The number of hydrogen-bond acceptors (Lipinski definition) is 3. The number of carbonyl (C=O) groups is 1. The monoisotopic (exact) mass is 327 g/mol. The Hall–Kier alpha value is -1.07. The summed E-state index contributed by atoms with van der Waals surface area (Å²) in [4.78, 5) is 12.6. The summed E-state index contributed by atoms with van der Waals surface area (Å²) < 4.78 is 6.23. The second-order valence-corrected chi connectivity index (χ2v) is 6.56. The molecule has 0 aliphatic heterocycles. The Bertz CT molecular complexity index is 507. The Labute approximate surface area is 118 Å². The maximum Gasteiger partial charge on any atom is 0.261 e.